The number of anilines is 1. The van der Waals surface area contributed by atoms with Gasteiger partial charge in [-0.25, -0.2) is 9.18 Å². The van der Waals surface area contributed by atoms with Gasteiger partial charge in [0.15, 0.2) is 0 Å². The van der Waals surface area contributed by atoms with Gasteiger partial charge < -0.3 is 20.4 Å². The summed E-state index contributed by atoms with van der Waals surface area (Å²) in [6.45, 7) is 6.07. The van der Waals surface area contributed by atoms with Crippen LogP contribution in [0.3, 0.4) is 0 Å². The van der Waals surface area contributed by atoms with Crippen molar-refractivity contribution in [2.24, 2.45) is 10.9 Å². The van der Waals surface area contributed by atoms with E-state index in [0.29, 0.717) is 24.9 Å². The molecule has 0 spiro atoms. The van der Waals surface area contributed by atoms with Crippen LogP contribution in [0.1, 0.15) is 81.8 Å². The molecular formula is C33H44FN5O2. The van der Waals surface area contributed by atoms with Crippen molar-refractivity contribution < 1.29 is 14.0 Å². The number of para-hydroxylation sites is 1. The number of nitrogens with one attached hydrogen (secondary N) is 2. The molecule has 2 fully saturated rings. The number of rotatable bonds is 9. The number of likely N-dealkylation sites (tertiary alicyclic amines) is 1. The number of hydrogen-bond acceptors (Lipinski definition) is 4. The molecule has 0 radical (unpaired) electrons. The van der Waals surface area contributed by atoms with Gasteiger partial charge in [-0.3, -0.25) is 9.79 Å². The van der Waals surface area contributed by atoms with Crippen molar-refractivity contribution in [1.82, 2.24) is 15.5 Å². The molecule has 1 saturated heterocycles. The Balaban J connectivity index is 1.15. The molecule has 3 aliphatic rings. The third-order valence-electron chi connectivity index (χ3n) is 8.81. The molecule has 7 nitrogen and oxygen atoms in total. The second kappa shape index (κ2) is 14.1. The van der Waals surface area contributed by atoms with Gasteiger partial charge in [0.2, 0.25) is 6.17 Å². The van der Waals surface area contributed by atoms with Crippen LogP contribution < -0.4 is 15.5 Å². The predicted octanol–water partition coefficient (Wildman–Crippen LogP) is 5.85. The number of fused-ring (bicyclic) bond motifs is 1. The van der Waals surface area contributed by atoms with Crippen LogP contribution in [0.15, 0.2) is 53.5 Å². The Bertz CT molecular complexity index is 1200. The summed E-state index contributed by atoms with van der Waals surface area (Å²) >= 11 is 0. The number of piperidine rings is 1. The van der Waals surface area contributed by atoms with Crippen LogP contribution in [0.2, 0.25) is 0 Å². The number of amides is 3. The fraction of sp³-hybridized carbons (Fsp3) is 0.545. The smallest absolute Gasteiger partial charge is 0.316 e. The highest BCUT2D eigenvalue weighted by atomic mass is 19.1. The van der Waals surface area contributed by atoms with E-state index >= 15 is 0 Å². The average Bonchev–Trinajstić information content (AvgIpc) is 3.11. The molecule has 5 rings (SSSR count). The summed E-state index contributed by atoms with van der Waals surface area (Å²) in [6.07, 6.45) is 8.53. The van der Waals surface area contributed by atoms with E-state index < -0.39 is 6.17 Å². The van der Waals surface area contributed by atoms with Gasteiger partial charge in [0.25, 0.3) is 5.91 Å². The molecule has 1 aliphatic carbocycles. The summed E-state index contributed by atoms with van der Waals surface area (Å²) in [5.41, 5.74) is 4.10. The van der Waals surface area contributed by atoms with E-state index in [2.05, 4.69) is 28.5 Å². The van der Waals surface area contributed by atoms with Gasteiger partial charge in [-0.15, -0.1) is 0 Å². The van der Waals surface area contributed by atoms with Crippen LogP contribution >= 0.6 is 0 Å². The van der Waals surface area contributed by atoms with Crippen molar-refractivity contribution in [3.63, 3.8) is 0 Å². The number of carbonyl (C=O) groups is 2. The molecule has 1 atom stereocenters. The lowest BCUT2D eigenvalue weighted by atomic mass is 9.83. The quantitative estimate of drug-likeness (QED) is 0.377. The van der Waals surface area contributed by atoms with Crippen molar-refractivity contribution in [2.75, 3.05) is 37.6 Å². The van der Waals surface area contributed by atoms with E-state index in [4.69, 9.17) is 4.99 Å². The minimum Gasteiger partial charge on any atom is -0.338 e. The first-order valence-electron chi connectivity index (χ1n) is 15.5. The van der Waals surface area contributed by atoms with Crippen molar-refractivity contribution in [1.29, 1.82) is 0 Å². The molecule has 2 heterocycles. The molecule has 2 aromatic carbocycles. The van der Waals surface area contributed by atoms with E-state index in [9.17, 15) is 14.0 Å². The summed E-state index contributed by atoms with van der Waals surface area (Å²) in [6, 6.07) is 14.6. The zero-order valence-corrected chi connectivity index (χ0v) is 24.3. The van der Waals surface area contributed by atoms with Gasteiger partial charge in [-0.05, 0) is 87.8 Å². The van der Waals surface area contributed by atoms with E-state index in [0.717, 1.165) is 75.1 Å². The fourth-order valence-corrected chi connectivity index (χ4v) is 6.61. The lowest BCUT2D eigenvalue weighted by Gasteiger charge is -2.32. The van der Waals surface area contributed by atoms with E-state index in [-0.39, 0.29) is 17.8 Å². The molecule has 8 heteroatoms. The minimum atomic E-state index is -0.934. The van der Waals surface area contributed by atoms with Gasteiger partial charge in [-0.1, -0.05) is 56.5 Å². The molecule has 0 aromatic heterocycles. The second-order valence-corrected chi connectivity index (χ2v) is 11.7. The maximum Gasteiger partial charge on any atom is 0.316 e. The lowest BCUT2D eigenvalue weighted by molar-refractivity contribution is -0.120. The maximum atomic E-state index is 13.7. The maximum absolute atomic E-state index is 13.7. The highest BCUT2D eigenvalue weighted by molar-refractivity contribution is 6.14. The standard InChI is InChI=1S/C33H44FN5O2/c1-2-20-39-29-12-7-6-11-28(29)30(26-9-4-3-5-10-26)36-31(32(39)40)37-33(41)35-19-8-21-38-22-17-25(18-23-38)24-13-15-27(34)16-14-24/h6-7,11-16,25-26,31H,2-5,8-10,17-23H2,1H3,(H2,35,37,41). The van der Waals surface area contributed by atoms with Crippen LogP contribution in [0, 0.1) is 11.7 Å². The van der Waals surface area contributed by atoms with Crippen LogP contribution in [0.25, 0.3) is 0 Å². The molecule has 1 unspecified atom stereocenters. The average molecular weight is 562 g/mol. The molecule has 0 bridgehead atoms. The number of nitrogens with zero attached hydrogens (tertiary/aromatic N) is 3. The molecule has 220 valence electrons. The van der Waals surface area contributed by atoms with Gasteiger partial charge in [0, 0.05) is 24.6 Å². The molecule has 2 N–H and O–H groups in total. The first kappa shape index (κ1) is 29.2. The molecule has 3 amide bonds. The number of benzodiazepines with no additional fused rings is 1. The highest BCUT2D eigenvalue weighted by Crippen LogP contribution is 2.34. The van der Waals surface area contributed by atoms with E-state index in [1.807, 2.05) is 30.3 Å². The van der Waals surface area contributed by atoms with Gasteiger partial charge in [0.1, 0.15) is 5.82 Å². The molecule has 2 aromatic rings. The number of halogens is 1. The van der Waals surface area contributed by atoms with Gasteiger partial charge >= 0.3 is 6.03 Å². The van der Waals surface area contributed by atoms with Crippen LogP contribution in [0.4, 0.5) is 14.9 Å². The zero-order chi connectivity index (χ0) is 28.6. The Morgan fingerprint density at radius 1 is 0.951 bits per heavy atom. The minimum absolute atomic E-state index is 0.177. The Labute approximate surface area is 243 Å². The Morgan fingerprint density at radius 2 is 1.68 bits per heavy atom. The first-order chi connectivity index (χ1) is 20.0. The number of carbonyl (C=O) groups excluding carboxylic acids is 2. The number of aliphatic imine (C=N–C) groups is 1. The summed E-state index contributed by atoms with van der Waals surface area (Å²) in [7, 11) is 0. The number of hydrogen-bond donors (Lipinski definition) is 2. The topological polar surface area (TPSA) is 77.0 Å². The molecule has 1 saturated carbocycles. The Kier molecular flexibility index (Phi) is 10.0. The van der Waals surface area contributed by atoms with Crippen LogP contribution in [-0.2, 0) is 4.79 Å². The zero-order valence-electron chi connectivity index (χ0n) is 24.3. The lowest BCUT2D eigenvalue weighted by Crippen LogP contribution is -2.50. The third kappa shape index (κ3) is 7.34. The summed E-state index contributed by atoms with van der Waals surface area (Å²) in [4.78, 5) is 35.8. The van der Waals surface area contributed by atoms with Gasteiger partial charge in [-0.2, -0.15) is 0 Å². The fourth-order valence-electron chi connectivity index (χ4n) is 6.61. The van der Waals surface area contributed by atoms with Crippen LogP contribution in [0.5, 0.6) is 0 Å². The second-order valence-electron chi connectivity index (χ2n) is 11.7. The number of benzene rings is 2. The molecule has 41 heavy (non-hydrogen) atoms. The largest absolute Gasteiger partial charge is 0.338 e. The van der Waals surface area contributed by atoms with E-state index in [1.165, 1.54) is 24.8 Å². The van der Waals surface area contributed by atoms with E-state index in [1.54, 1.807) is 17.0 Å². The summed E-state index contributed by atoms with van der Waals surface area (Å²) in [5, 5.41) is 5.86. The first-order valence-corrected chi connectivity index (χ1v) is 15.5. The summed E-state index contributed by atoms with van der Waals surface area (Å²) in [5.74, 6) is 0.416. The Hall–Kier alpha value is -3.26. The van der Waals surface area contributed by atoms with Crippen LogP contribution in [-0.4, -0.2) is 61.4 Å². The van der Waals surface area contributed by atoms with Gasteiger partial charge in [0.05, 0.1) is 11.4 Å². The third-order valence-corrected chi connectivity index (χ3v) is 8.81. The normalized spacial score (nSPS) is 20.7. The number of urea groups is 1. The van der Waals surface area contributed by atoms with Crippen molar-refractivity contribution >= 4 is 23.3 Å². The molecule has 2 aliphatic heterocycles. The molecular weight excluding hydrogens is 517 g/mol. The van der Waals surface area contributed by atoms with Crippen molar-refractivity contribution in [3.8, 4) is 0 Å². The van der Waals surface area contributed by atoms with Crippen molar-refractivity contribution in [2.45, 2.75) is 76.8 Å². The highest BCUT2D eigenvalue weighted by Gasteiger charge is 2.34. The van der Waals surface area contributed by atoms with Crippen molar-refractivity contribution in [3.05, 3.63) is 65.5 Å². The predicted molar refractivity (Wildman–Crippen MR) is 162 cm³/mol. The SMILES string of the molecule is CCCN1C(=O)C(NC(=O)NCCCN2CCC(c3ccc(F)cc3)CC2)N=C(C2CCCCC2)c2ccccc21. The Morgan fingerprint density at radius 3 is 2.41 bits per heavy atom. The monoisotopic (exact) mass is 561 g/mol. The summed E-state index contributed by atoms with van der Waals surface area (Å²) < 4.78 is 13.2.